The lowest BCUT2D eigenvalue weighted by Crippen LogP contribution is -2.28. The Morgan fingerprint density at radius 3 is 2.30 bits per heavy atom. The van der Waals surface area contributed by atoms with E-state index < -0.39 is 6.10 Å². The van der Waals surface area contributed by atoms with Gasteiger partial charge in [-0.15, -0.1) is 0 Å². The predicted octanol–water partition coefficient (Wildman–Crippen LogP) is 2.98. The maximum absolute atomic E-state index is 13.0. The molecule has 27 heavy (non-hydrogen) atoms. The number of oxime groups is 1. The second-order valence-corrected chi connectivity index (χ2v) is 5.75. The van der Waals surface area contributed by atoms with E-state index >= 15 is 0 Å². The van der Waals surface area contributed by atoms with Crippen LogP contribution < -0.4 is 19.5 Å². The molecule has 0 saturated carbocycles. The molecular weight excluding hydrogens is 355 g/mol. The molecule has 1 heterocycles. The quantitative estimate of drug-likeness (QED) is 0.841. The number of hydrogen-bond donors (Lipinski definition) is 1. The number of amides is 1. The van der Waals surface area contributed by atoms with Crippen molar-refractivity contribution in [3.05, 3.63) is 47.8 Å². The topological polar surface area (TPSA) is 78.4 Å². The standard InChI is InChI=1S/C19H19FN2O5/c1-24-15-8-13(9-16(25-2)18(15)26-3)21-19(23)17-10-14(22-27-17)11-4-6-12(20)7-5-11/h4-9,17H,10H2,1-3H3,(H,21,23)/t17-/m0/s1. The van der Waals surface area contributed by atoms with Gasteiger partial charge in [0.15, 0.2) is 11.5 Å². The average Bonchev–Trinajstić information content (AvgIpc) is 3.18. The summed E-state index contributed by atoms with van der Waals surface area (Å²) >= 11 is 0. The molecule has 0 bridgehead atoms. The van der Waals surface area contributed by atoms with Crippen LogP contribution in [-0.2, 0) is 9.63 Å². The van der Waals surface area contributed by atoms with Gasteiger partial charge in [-0.25, -0.2) is 4.39 Å². The molecule has 0 aliphatic carbocycles. The molecule has 2 aromatic rings. The third-order valence-electron chi connectivity index (χ3n) is 4.07. The SMILES string of the molecule is COc1cc(NC(=O)[C@@H]2CC(c3ccc(F)cc3)=NO2)cc(OC)c1OC. The minimum Gasteiger partial charge on any atom is -0.493 e. The summed E-state index contributed by atoms with van der Waals surface area (Å²) in [5, 5.41) is 6.69. The maximum atomic E-state index is 13.0. The molecule has 0 fully saturated rings. The summed E-state index contributed by atoms with van der Waals surface area (Å²) in [5.41, 5.74) is 1.76. The highest BCUT2D eigenvalue weighted by Gasteiger charge is 2.29. The molecule has 8 heteroatoms. The summed E-state index contributed by atoms with van der Waals surface area (Å²) in [5.74, 6) is 0.558. The van der Waals surface area contributed by atoms with E-state index in [0.717, 1.165) is 0 Å². The Kier molecular flexibility index (Phi) is 5.44. The van der Waals surface area contributed by atoms with Gasteiger partial charge in [0.1, 0.15) is 5.82 Å². The number of hydrogen-bond acceptors (Lipinski definition) is 6. The van der Waals surface area contributed by atoms with E-state index in [0.29, 0.717) is 34.2 Å². The second-order valence-electron chi connectivity index (χ2n) is 5.75. The van der Waals surface area contributed by atoms with Gasteiger partial charge in [0.25, 0.3) is 5.91 Å². The highest BCUT2D eigenvalue weighted by Crippen LogP contribution is 2.40. The summed E-state index contributed by atoms with van der Waals surface area (Å²) < 4.78 is 28.8. The van der Waals surface area contributed by atoms with E-state index in [4.69, 9.17) is 19.0 Å². The molecule has 7 nitrogen and oxygen atoms in total. The number of rotatable bonds is 6. The smallest absolute Gasteiger partial charge is 0.268 e. The Bertz CT molecular complexity index is 842. The van der Waals surface area contributed by atoms with Crippen molar-refractivity contribution < 1.29 is 28.2 Å². The van der Waals surface area contributed by atoms with Gasteiger partial charge in [-0.1, -0.05) is 17.3 Å². The fourth-order valence-corrected chi connectivity index (χ4v) is 2.71. The minimum atomic E-state index is -0.788. The first-order valence-corrected chi connectivity index (χ1v) is 8.15. The largest absolute Gasteiger partial charge is 0.493 e. The van der Waals surface area contributed by atoms with E-state index in [1.165, 1.54) is 33.5 Å². The lowest BCUT2D eigenvalue weighted by atomic mass is 10.0. The predicted molar refractivity (Wildman–Crippen MR) is 97.2 cm³/mol. The van der Waals surface area contributed by atoms with Gasteiger partial charge in [-0.3, -0.25) is 4.79 Å². The van der Waals surface area contributed by atoms with Crippen molar-refractivity contribution >= 4 is 17.3 Å². The van der Waals surface area contributed by atoms with Gasteiger partial charge >= 0.3 is 0 Å². The molecule has 142 valence electrons. The van der Waals surface area contributed by atoms with Crippen LogP contribution >= 0.6 is 0 Å². The van der Waals surface area contributed by atoms with Crippen LogP contribution in [0.15, 0.2) is 41.6 Å². The van der Waals surface area contributed by atoms with Crippen LogP contribution in [0.4, 0.5) is 10.1 Å². The van der Waals surface area contributed by atoms with Crippen molar-refractivity contribution in [2.24, 2.45) is 5.16 Å². The third kappa shape index (κ3) is 3.94. The third-order valence-corrected chi connectivity index (χ3v) is 4.07. The number of anilines is 1. The van der Waals surface area contributed by atoms with Gasteiger partial charge < -0.3 is 24.4 Å². The normalized spacial score (nSPS) is 15.6. The van der Waals surface area contributed by atoms with E-state index in [2.05, 4.69) is 10.5 Å². The lowest BCUT2D eigenvalue weighted by molar-refractivity contribution is -0.125. The zero-order valence-corrected chi connectivity index (χ0v) is 15.1. The summed E-state index contributed by atoms with van der Waals surface area (Å²) in [6, 6.07) is 9.10. The number of nitrogens with zero attached hydrogens (tertiary/aromatic N) is 1. The number of ether oxygens (including phenoxy) is 3. The number of nitrogens with one attached hydrogen (secondary N) is 1. The molecule has 2 aromatic carbocycles. The van der Waals surface area contributed by atoms with Crippen LogP contribution in [-0.4, -0.2) is 39.1 Å². The Morgan fingerprint density at radius 2 is 1.74 bits per heavy atom. The highest BCUT2D eigenvalue weighted by molar-refractivity contribution is 6.06. The van der Waals surface area contributed by atoms with Crippen LogP contribution in [0.1, 0.15) is 12.0 Å². The van der Waals surface area contributed by atoms with E-state index in [1.54, 1.807) is 24.3 Å². The van der Waals surface area contributed by atoms with Crippen molar-refractivity contribution in [2.75, 3.05) is 26.6 Å². The Balaban J connectivity index is 1.70. The average molecular weight is 374 g/mol. The molecule has 1 N–H and O–H groups in total. The molecular formula is C19H19FN2O5. The van der Waals surface area contributed by atoms with Crippen molar-refractivity contribution in [2.45, 2.75) is 12.5 Å². The van der Waals surface area contributed by atoms with Crippen molar-refractivity contribution in [1.82, 2.24) is 0 Å². The Labute approximate surface area is 155 Å². The van der Waals surface area contributed by atoms with Crippen molar-refractivity contribution in [3.63, 3.8) is 0 Å². The van der Waals surface area contributed by atoms with Crippen LogP contribution in [0.25, 0.3) is 0 Å². The molecule has 1 aliphatic heterocycles. The van der Waals surface area contributed by atoms with E-state index in [1.807, 2.05) is 0 Å². The van der Waals surface area contributed by atoms with Crippen molar-refractivity contribution in [1.29, 1.82) is 0 Å². The molecule has 1 aliphatic rings. The molecule has 0 saturated heterocycles. The van der Waals surface area contributed by atoms with E-state index in [9.17, 15) is 9.18 Å². The van der Waals surface area contributed by atoms with Gasteiger partial charge in [0.2, 0.25) is 11.9 Å². The second kappa shape index (κ2) is 7.94. The zero-order valence-electron chi connectivity index (χ0n) is 15.1. The molecule has 0 spiro atoms. The number of carbonyl (C=O) groups excluding carboxylic acids is 1. The molecule has 1 amide bonds. The number of halogens is 1. The summed E-state index contributed by atoms with van der Waals surface area (Å²) in [4.78, 5) is 17.8. The molecule has 0 unspecified atom stereocenters. The minimum absolute atomic E-state index is 0.280. The van der Waals surface area contributed by atoms with Gasteiger partial charge in [0, 0.05) is 24.2 Å². The van der Waals surface area contributed by atoms with Gasteiger partial charge in [0.05, 0.1) is 27.0 Å². The monoisotopic (exact) mass is 374 g/mol. The molecule has 1 atom stereocenters. The van der Waals surface area contributed by atoms with Crippen LogP contribution in [0.3, 0.4) is 0 Å². The fourth-order valence-electron chi connectivity index (χ4n) is 2.71. The number of carbonyl (C=O) groups is 1. The first-order chi connectivity index (χ1) is 13.0. The van der Waals surface area contributed by atoms with Crippen LogP contribution in [0, 0.1) is 5.82 Å². The van der Waals surface area contributed by atoms with Crippen LogP contribution in [0.5, 0.6) is 17.2 Å². The Hall–Kier alpha value is -3.29. The van der Waals surface area contributed by atoms with E-state index in [-0.39, 0.29) is 18.1 Å². The number of benzene rings is 2. The summed E-state index contributed by atoms with van der Waals surface area (Å²) in [6.07, 6.45) is -0.508. The lowest BCUT2D eigenvalue weighted by Gasteiger charge is -2.15. The molecule has 3 rings (SSSR count). The van der Waals surface area contributed by atoms with Gasteiger partial charge in [-0.05, 0) is 17.7 Å². The van der Waals surface area contributed by atoms with Crippen LogP contribution in [0.2, 0.25) is 0 Å². The number of methoxy groups -OCH3 is 3. The highest BCUT2D eigenvalue weighted by atomic mass is 19.1. The maximum Gasteiger partial charge on any atom is 0.268 e. The van der Waals surface area contributed by atoms with Crippen molar-refractivity contribution in [3.8, 4) is 17.2 Å². The first-order valence-electron chi connectivity index (χ1n) is 8.15. The Morgan fingerprint density at radius 1 is 1.11 bits per heavy atom. The summed E-state index contributed by atoms with van der Waals surface area (Å²) in [7, 11) is 4.48. The van der Waals surface area contributed by atoms with Gasteiger partial charge in [-0.2, -0.15) is 0 Å². The summed E-state index contributed by atoms with van der Waals surface area (Å²) in [6.45, 7) is 0. The first kappa shape index (κ1) is 18.5. The zero-order chi connectivity index (χ0) is 19.4. The fraction of sp³-hybridized carbons (Fsp3) is 0.263. The molecule has 0 radical (unpaired) electrons. The molecule has 0 aromatic heterocycles.